The number of nitrogens with two attached hydrogens (primary N) is 1. The van der Waals surface area contributed by atoms with Gasteiger partial charge in [-0.2, -0.15) is 0 Å². The van der Waals surface area contributed by atoms with Crippen LogP contribution < -0.4 is 5.84 Å². The molecular weight excluding hydrogens is 390 g/mol. The zero-order valence-electron chi connectivity index (χ0n) is 15.2. The number of ether oxygens (including phenoxy) is 1. The number of carbonyl (C=O) groups is 1. The van der Waals surface area contributed by atoms with Crippen molar-refractivity contribution in [2.24, 2.45) is 5.84 Å². The number of nitrogens with zero attached hydrogens (tertiary/aromatic N) is 2. The zero-order chi connectivity index (χ0) is 20.0. The number of hydrogen-bond donors (Lipinski definition) is 1. The Hall–Kier alpha value is -2.03. The van der Waals surface area contributed by atoms with Gasteiger partial charge in [0.15, 0.2) is 0 Å². The summed E-state index contributed by atoms with van der Waals surface area (Å²) in [5, 5.41) is 12.9. The minimum Gasteiger partial charge on any atom is -0.466 e. The van der Waals surface area contributed by atoms with Crippen molar-refractivity contribution in [3.63, 3.8) is 0 Å². The number of thioether (sulfide) groups is 1. The molecule has 0 saturated carbocycles. The van der Waals surface area contributed by atoms with Crippen LogP contribution in [0.3, 0.4) is 0 Å². The summed E-state index contributed by atoms with van der Waals surface area (Å²) >= 11 is 7.31. The third-order valence-corrected chi connectivity index (χ3v) is 5.70. The van der Waals surface area contributed by atoms with E-state index in [2.05, 4.69) is 0 Å². The molecule has 7 nitrogen and oxygen atoms in total. The van der Waals surface area contributed by atoms with Gasteiger partial charge in [-0.1, -0.05) is 18.2 Å². The highest BCUT2D eigenvalue weighted by Gasteiger charge is 2.41. The van der Waals surface area contributed by atoms with E-state index in [1.54, 1.807) is 30.8 Å². The van der Waals surface area contributed by atoms with Crippen molar-refractivity contribution in [3.05, 3.63) is 63.1 Å². The Labute approximate surface area is 167 Å². The highest BCUT2D eigenvalue weighted by atomic mass is 35.5. The highest BCUT2D eigenvalue weighted by Crippen LogP contribution is 2.42. The summed E-state index contributed by atoms with van der Waals surface area (Å²) in [4.78, 5) is 24.6. The Bertz CT molecular complexity index is 782. The molecule has 1 aromatic rings. The molecule has 2 N–H and O–H groups in total. The molecule has 1 heterocycles. The largest absolute Gasteiger partial charge is 0.466 e. The van der Waals surface area contributed by atoms with Gasteiger partial charge in [0.2, 0.25) is 0 Å². The lowest BCUT2D eigenvalue weighted by atomic mass is 9.86. The first-order chi connectivity index (χ1) is 12.9. The lowest BCUT2D eigenvalue weighted by Gasteiger charge is -2.28. The van der Waals surface area contributed by atoms with E-state index in [9.17, 15) is 14.9 Å². The van der Waals surface area contributed by atoms with Crippen LogP contribution >= 0.6 is 23.4 Å². The van der Waals surface area contributed by atoms with Gasteiger partial charge in [-0.25, -0.2) is 10.6 Å². The van der Waals surface area contributed by atoms with Crippen molar-refractivity contribution >= 4 is 29.3 Å². The molecule has 0 saturated heterocycles. The van der Waals surface area contributed by atoms with Crippen LogP contribution in [0.25, 0.3) is 0 Å². The molecule has 0 bridgehead atoms. The topological polar surface area (TPSA) is 98.7 Å². The molecule has 0 radical (unpaired) electrons. The van der Waals surface area contributed by atoms with E-state index in [1.807, 2.05) is 12.1 Å². The van der Waals surface area contributed by atoms with Gasteiger partial charge in [0.1, 0.15) is 11.6 Å². The quantitative estimate of drug-likeness (QED) is 0.132. The maximum Gasteiger partial charge on any atom is 0.336 e. The Balaban J connectivity index is 2.52. The number of esters is 1. The summed E-state index contributed by atoms with van der Waals surface area (Å²) < 4.78 is 4.85. The summed E-state index contributed by atoms with van der Waals surface area (Å²) in [6, 6.07) is 7.37. The predicted molar refractivity (Wildman–Crippen MR) is 106 cm³/mol. The molecule has 0 spiro atoms. The van der Waals surface area contributed by atoms with Crippen LogP contribution in [0.2, 0.25) is 0 Å². The Kier molecular flexibility index (Phi) is 7.70. The Morgan fingerprint density at radius 1 is 1.41 bits per heavy atom. The summed E-state index contributed by atoms with van der Waals surface area (Å²) in [7, 11) is 1.24. The number of allylic oxidation sites excluding steroid dienone is 2. The fourth-order valence-electron chi connectivity index (χ4n) is 2.88. The van der Waals surface area contributed by atoms with Gasteiger partial charge in [-0.15, -0.1) is 23.4 Å². The van der Waals surface area contributed by atoms with Crippen molar-refractivity contribution in [2.75, 3.05) is 18.7 Å². The third kappa shape index (κ3) is 4.82. The van der Waals surface area contributed by atoms with Crippen LogP contribution in [0.1, 0.15) is 31.2 Å². The maximum atomic E-state index is 12.3. The van der Waals surface area contributed by atoms with E-state index in [-0.39, 0.29) is 17.0 Å². The molecule has 0 aliphatic carbocycles. The van der Waals surface area contributed by atoms with E-state index in [4.69, 9.17) is 22.2 Å². The lowest BCUT2D eigenvalue weighted by molar-refractivity contribution is -0.431. The van der Waals surface area contributed by atoms with E-state index < -0.39 is 16.8 Å². The Morgan fingerprint density at radius 2 is 2.11 bits per heavy atom. The molecule has 27 heavy (non-hydrogen) atoms. The first-order valence-corrected chi connectivity index (χ1v) is 9.91. The van der Waals surface area contributed by atoms with Gasteiger partial charge in [-0.05, 0) is 37.1 Å². The number of nitro groups is 1. The number of halogens is 1. The number of hydrazine groups is 1. The average molecular weight is 412 g/mol. The van der Waals surface area contributed by atoms with Gasteiger partial charge in [-0.3, -0.25) is 15.1 Å². The molecule has 1 aromatic carbocycles. The first-order valence-electron chi connectivity index (χ1n) is 8.39. The number of rotatable bonds is 8. The van der Waals surface area contributed by atoms with E-state index in [0.717, 1.165) is 28.5 Å². The first kappa shape index (κ1) is 21.3. The third-order valence-electron chi connectivity index (χ3n) is 4.25. The van der Waals surface area contributed by atoms with Crippen LogP contribution in [0, 0.1) is 10.1 Å². The van der Waals surface area contributed by atoms with Gasteiger partial charge < -0.3 is 4.74 Å². The normalized spacial score (nSPS) is 17.0. The van der Waals surface area contributed by atoms with Gasteiger partial charge in [0, 0.05) is 17.0 Å². The second kappa shape index (κ2) is 9.77. The molecule has 9 heteroatoms. The second-order valence-electron chi connectivity index (χ2n) is 5.93. The van der Waals surface area contributed by atoms with Crippen LogP contribution in [0.5, 0.6) is 0 Å². The molecule has 0 aromatic heterocycles. The molecule has 0 fully saturated rings. The zero-order valence-corrected chi connectivity index (χ0v) is 16.8. The van der Waals surface area contributed by atoms with Crippen molar-refractivity contribution < 1.29 is 14.5 Å². The minimum atomic E-state index is -0.857. The van der Waals surface area contributed by atoms with Crippen LogP contribution in [-0.4, -0.2) is 34.6 Å². The Morgan fingerprint density at radius 3 is 2.74 bits per heavy atom. The SMILES string of the molecule is COC(=O)C1=CN(N)C(C)=C([N+](=O)[O-])C1c1ccccc1SCCCCCl. The van der Waals surface area contributed by atoms with Crippen LogP contribution in [0.15, 0.2) is 52.3 Å². The average Bonchev–Trinajstić information content (AvgIpc) is 2.66. The van der Waals surface area contributed by atoms with Crippen LogP contribution in [0.4, 0.5) is 0 Å². The van der Waals surface area contributed by atoms with Crippen molar-refractivity contribution in [2.45, 2.75) is 30.6 Å². The standard InChI is InChI=1S/C18H22ClN3O4S/c1-12-17(22(24)25)16(14(11-21(12)20)18(23)26-2)13-7-3-4-8-15(13)27-10-6-5-9-19/h3-4,7-8,11,16H,5-6,9-10,20H2,1-2H3. The number of alkyl halides is 1. The number of hydrogen-bond acceptors (Lipinski definition) is 7. The molecular formula is C18H22ClN3O4S. The van der Waals surface area contributed by atoms with E-state index in [0.29, 0.717) is 11.4 Å². The predicted octanol–water partition coefficient (Wildman–Crippen LogP) is 3.64. The van der Waals surface area contributed by atoms with Gasteiger partial charge >= 0.3 is 5.97 Å². The van der Waals surface area contributed by atoms with Crippen LogP contribution in [-0.2, 0) is 9.53 Å². The molecule has 2 rings (SSSR count). The summed E-state index contributed by atoms with van der Waals surface area (Å²) in [5.41, 5.74) is 0.962. The fourth-order valence-corrected chi connectivity index (χ4v) is 4.16. The molecule has 1 aliphatic heterocycles. The molecule has 146 valence electrons. The molecule has 1 atom stereocenters. The minimum absolute atomic E-state index is 0.130. The fraction of sp³-hybridized carbons (Fsp3) is 0.389. The monoisotopic (exact) mass is 411 g/mol. The van der Waals surface area contributed by atoms with Crippen molar-refractivity contribution in [3.8, 4) is 0 Å². The summed E-state index contributed by atoms with van der Waals surface area (Å²) in [6.45, 7) is 1.56. The molecule has 1 aliphatic rings. The lowest BCUT2D eigenvalue weighted by Crippen LogP contribution is -2.34. The summed E-state index contributed by atoms with van der Waals surface area (Å²) in [5.74, 6) is 5.77. The second-order valence-corrected chi connectivity index (χ2v) is 7.44. The van der Waals surface area contributed by atoms with Crippen molar-refractivity contribution in [1.29, 1.82) is 0 Å². The van der Waals surface area contributed by atoms with E-state index >= 15 is 0 Å². The van der Waals surface area contributed by atoms with Gasteiger partial charge in [0.25, 0.3) is 5.70 Å². The van der Waals surface area contributed by atoms with Crippen molar-refractivity contribution in [1.82, 2.24) is 5.01 Å². The maximum absolute atomic E-state index is 12.3. The molecule has 1 unspecified atom stereocenters. The smallest absolute Gasteiger partial charge is 0.336 e. The molecule has 0 amide bonds. The number of carbonyl (C=O) groups excluding carboxylic acids is 1. The number of benzene rings is 1. The number of methoxy groups -OCH3 is 1. The van der Waals surface area contributed by atoms with E-state index in [1.165, 1.54) is 13.3 Å². The highest BCUT2D eigenvalue weighted by molar-refractivity contribution is 7.99. The summed E-state index contributed by atoms with van der Waals surface area (Å²) in [6.07, 6.45) is 3.23. The van der Waals surface area contributed by atoms with Gasteiger partial charge in [0.05, 0.1) is 17.6 Å². The number of unbranched alkanes of at least 4 members (excludes halogenated alkanes) is 1.